The minimum absolute atomic E-state index is 0.235. The molecule has 0 saturated carbocycles. The van der Waals surface area contributed by atoms with Crippen molar-refractivity contribution in [2.75, 3.05) is 0 Å². The highest BCUT2D eigenvalue weighted by Crippen LogP contribution is 2.24. The van der Waals surface area contributed by atoms with Crippen molar-refractivity contribution >= 4 is 22.1 Å². The Morgan fingerprint density at radius 2 is 2.12 bits per heavy atom. The fourth-order valence-corrected chi connectivity index (χ4v) is 2.70. The molecule has 1 aromatic carbocycles. The van der Waals surface area contributed by atoms with Crippen LogP contribution >= 0.6 is 0 Å². The molecule has 3 aromatic heterocycles. The van der Waals surface area contributed by atoms with Crippen molar-refractivity contribution in [1.82, 2.24) is 29.8 Å². The molecular weight excluding hydrogens is 308 g/mol. The van der Waals surface area contributed by atoms with Gasteiger partial charge in [-0.2, -0.15) is 0 Å². The van der Waals surface area contributed by atoms with E-state index in [0.29, 0.717) is 16.9 Å². The fourth-order valence-electron chi connectivity index (χ4n) is 2.70. The Balaban J connectivity index is 1.75. The zero-order valence-corrected chi connectivity index (χ0v) is 13.2. The summed E-state index contributed by atoms with van der Waals surface area (Å²) in [6, 6.07) is 7.48. The van der Waals surface area contributed by atoms with Crippen LogP contribution in [-0.4, -0.2) is 29.8 Å². The molecule has 0 unspecified atom stereocenters. The Bertz CT molecular complexity index is 1060. The van der Waals surface area contributed by atoms with Crippen molar-refractivity contribution in [1.29, 1.82) is 0 Å². The summed E-state index contributed by atoms with van der Waals surface area (Å²) in [5.41, 5.74) is 1.26. The lowest BCUT2D eigenvalue weighted by Crippen LogP contribution is -2.22. The van der Waals surface area contributed by atoms with E-state index in [0.717, 1.165) is 24.8 Å². The molecule has 0 radical (unpaired) electrons. The smallest absolute Gasteiger partial charge is 0.297 e. The summed E-state index contributed by atoms with van der Waals surface area (Å²) in [5.74, 6) is 0.628. The van der Waals surface area contributed by atoms with Gasteiger partial charge in [-0.1, -0.05) is 25.5 Å². The number of aromatic nitrogens is 6. The fraction of sp³-hybridized carbons (Fsp3) is 0.312. The first kappa shape index (κ1) is 14.6. The van der Waals surface area contributed by atoms with Crippen LogP contribution in [0.25, 0.3) is 22.1 Å². The van der Waals surface area contributed by atoms with Gasteiger partial charge in [0.2, 0.25) is 5.58 Å². The molecule has 8 heteroatoms. The third-order valence-electron chi connectivity index (χ3n) is 3.99. The molecule has 0 aliphatic carbocycles. The highest BCUT2D eigenvalue weighted by atomic mass is 16.3. The zero-order chi connectivity index (χ0) is 16.5. The Labute approximate surface area is 136 Å². The number of unbranched alkanes of at least 4 members (excludes halogenated alkanes) is 1. The average Bonchev–Trinajstić information content (AvgIpc) is 3.20. The summed E-state index contributed by atoms with van der Waals surface area (Å²) in [4.78, 5) is 17.1. The van der Waals surface area contributed by atoms with Gasteiger partial charge in [-0.05, 0) is 29.0 Å². The van der Waals surface area contributed by atoms with Crippen molar-refractivity contribution in [3.8, 4) is 0 Å². The molecule has 0 bridgehead atoms. The maximum atomic E-state index is 12.7. The first-order chi connectivity index (χ1) is 11.8. The summed E-state index contributed by atoms with van der Waals surface area (Å²) >= 11 is 0. The molecule has 4 rings (SSSR count). The van der Waals surface area contributed by atoms with Crippen LogP contribution in [0.3, 0.4) is 0 Å². The Morgan fingerprint density at radius 3 is 3.00 bits per heavy atom. The van der Waals surface area contributed by atoms with Crippen LogP contribution in [0.15, 0.2) is 39.8 Å². The van der Waals surface area contributed by atoms with Crippen molar-refractivity contribution < 1.29 is 4.42 Å². The van der Waals surface area contributed by atoms with Gasteiger partial charge in [-0.15, -0.1) is 5.10 Å². The molecule has 0 N–H and O–H groups in total. The van der Waals surface area contributed by atoms with E-state index in [-0.39, 0.29) is 17.7 Å². The number of aryl methyl sites for hydroxylation is 1. The number of hydrogen-bond acceptors (Lipinski definition) is 6. The number of para-hydroxylation sites is 1. The van der Waals surface area contributed by atoms with Crippen LogP contribution in [0.1, 0.15) is 25.6 Å². The van der Waals surface area contributed by atoms with Gasteiger partial charge >= 0.3 is 0 Å². The molecule has 122 valence electrons. The summed E-state index contributed by atoms with van der Waals surface area (Å²) in [7, 11) is 0. The van der Waals surface area contributed by atoms with Crippen molar-refractivity contribution in [3.05, 3.63) is 46.8 Å². The van der Waals surface area contributed by atoms with Crippen LogP contribution in [-0.2, 0) is 13.1 Å². The van der Waals surface area contributed by atoms with Gasteiger partial charge in [0.05, 0.1) is 12.9 Å². The standard InChI is InChI=1S/C16H16N6O2/c1-2-3-8-22-13(18-19-20-22)9-21-10-17-14-11-6-4-5-7-12(11)24-15(14)16(21)23/h4-7,10H,2-3,8-9H2,1H3. The van der Waals surface area contributed by atoms with Crippen LogP contribution in [0.4, 0.5) is 0 Å². The number of benzene rings is 1. The van der Waals surface area contributed by atoms with Crippen molar-refractivity contribution in [2.24, 2.45) is 0 Å². The van der Waals surface area contributed by atoms with Gasteiger partial charge in [-0.3, -0.25) is 9.36 Å². The summed E-state index contributed by atoms with van der Waals surface area (Å²) in [6.45, 7) is 3.09. The van der Waals surface area contributed by atoms with Gasteiger partial charge < -0.3 is 4.42 Å². The second-order valence-corrected chi connectivity index (χ2v) is 5.63. The Hall–Kier alpha value is -3.03. The monoisotopic (exact) mass is 324 g/mol. The highest BCUT2D eigenvalue weighted by Gasteiger charge is 2.14. The predicted octanol–water partition coefficient (Wildman–Crippen LogP) is 1.98. The molecule has 0 fully saturated rings. The molecular formula is C16H16N6O2. The van der Waals surface area contributed by atoms with E-state index in [9.17, 15) is 4.79 Å². The lowest BCUT2D eigenvalue weighted by Gasteiger charge is -2.05. The number of fused-ring (bicyclic) bond motifs is 3. The van der Waals surface area contributed by atoms with E-state index >= 15 is 0 Å². The van der Waals surface area contributed by atoms with E-state index in [1.165, 1.54) is 10.9 Å². The first-order valence-corrected chi connectivity index (χ1v) is 7.89. The lowest BCUT2D eigenvalue weighted by atomic mass is 10.2. The maximum absolute atomic E-state index is 12.7. The number of tetrazole rings is 1. The van der Waals surface area contributed by atoms with Crippen LogP contribution in [0, 0.1) is 0 Å². The first-order valence-electron chi connectivity index (χ1n) is 7.89. The third-order valence-corrected chi connectivity index (χ3v) is 3.99. The molecule has 0 spiro atoms. The minimum Gasteiger partial charge on any atom is -0.448 e. The van der Waals surface area contributed by atoms with E-state index < -0.39 is 0 Å². The Morgan fingerprint density at radius 1 is 1.25 bits per heavy atom. The molecule has 0 amide bonds. The van der Waals surface area contributed by atoms with Gasteiger partial charge in [0, 0.05) is 11.9 Å². The lowest BCUT2D eigenvalue weighted by molar-refractivity contribution is 0.519. The van der Waals surface area contributed by atoms with Gasteiger partial charge in [-0.25, -0.2) is 9.67 Å². The molecule has 0 saturated heterocycles. The molecule has 0 aliphatic rings. The molecule has 0 atom stereocenters. The number of nitrogens with zero attached hydrogens (tertiary/aromatic N) is 6. The third kappa shape index (κ3) is 2.36. The molecule has 0 aliphatic heterocycles. The van der Waals surface area contributed by atoms with Crippen LogP contribution in [0.5, 0.6) is 0 Å². The van der Waals surface area contributed by atoms with Gasteiger partial charge in [0.25, 0.3) is 5.56 Å². The molecule has 3 heterocycles. The highest BCUT2D eigenvalue weighted by molar-refractivity contribution is 6.01. The maximum Gasteiger partial charge on any atom is 0.297 e. The van der Waals surface area contributed by atoms with E-state index in [1.807, 2.05) is 24.3 Å². The SMILES string of the molecule is CCCCn1nnnc1Cn1cnc2c(oc3ccccc32)c1=O. The molecule has 8 nitrogen and oxygen atoms in total. The average molecular weight is 324 g/mol. The summed E-state index contributed by atoms with van der Waals surface area (Å²) in [5, 5.41) is 12.5. The number of hydrogen-bond donors (Lipinski definition) is 0. The van der Waals surface area contributed by atoms with E-state index in [2.05, 4.69) is 27.4 Å². The van der Waals surface area contributed by atoms with Crippen LogP contribution in [0.2, 0.25) is 0 Å². The molecule has 4 aromatic rings. The molecule has 24 heavy (non-hydrogen) atoms. The van der Waals surface area contributed by atoms with Gasteiger partial charge in [0.1, 0.15) is 11.1 Å². The summed E-state index contributed by atoms with van der Waals surface area (Å²) in [6.07, 6.45) is 3.55. The largest absolute Gasteiger partial charge is 0.448 e. The van der Waals surface area contributed by atoms with Crippen molar-refractivity contribution in [2.45, 2.75) is 32.9 Å². The topological polar surface area (TPSA) is 91.6 Å². The number of furan rings is 1. The number of rotatable bonds is 5. The summed E-state index contributed by atoms with van der Waals surface area (Å²) < 4.78 is 8.88. The zero-order valence-electron chi connectivity index (χ0n) is 13.2. The second kappa shape index (κ2) is 5.88. The predicted molar refractivity (Wildman–Crippen MR) is 87.6 cm³/mol. The quantitative estimate of drug-likeness (QED) is 0.557. The van der Waals surface area contributed by atoms with Crippen molar-refractivity contribution in [3.63, 3.8) is 0 Å². The Kier molecular flexibility index (Phi) is 3.56. The van der Waals surface area contributed by atoms with E-state index in [4.69, 9.17) is 4.42 Å². The normalized spacial score (nSPS) is 11.5. The van der Waals surface area contributed by atoms with E-state index in [1.54, 1.807) is 4.68 Å². The second-order valence-electron chi connectivity index (χ2n) is 5.63. The minimum atomic E-state index is -0.235. The van der Waals surface area contributed by atoms with Crippen LogP contribution < -0.4 is 5.56 Å². The van der Waals surface area contributed by atoms with Gasteiger partial charge in [0.15, 0.2) is 5.82 Å².